The lowest BCUT2D eigenvalue weighted by molar-refractivity contribution is 0.0492. The molecule has 7 nitrogen and oxygen atoms in total. The molecule has 1 aliphatic heterocycles. The van der Waals surface area contributed by atoms with E-state index in [1.54, 1.807) is 19.1 Å². The maximum absolute atomic E-state index is 13.3. The predicted molar refractivity (Wildman–Crippen MR) is 129 cm³/mol. The molecule has 2 aromatic heterocycles. The minimum atomic E-state index is -0.644. The van der Waals surface area contributed by atoms with Gasteiger partial charge in [0.25, 0.3) is 5.56 Å². The maximum atomic E-state index is 13.3. The van der Waals surface area contributed by atoms with E-state index in [-0.39, 0.29) is 23.4 Å². The first-order valence-electron chi connectivity index (χ1n) is 11.8. The quantitative estimate of drug-likeness (QED) is 0.458. The van der Waals surface area contributed by atoms with E-state index in [0.29, 0.717) is 33.9 Å². The molecule has 1 aromatic carbocycles. The van der Waals surface area contributed by atoms with Crippen molar-refractivity contribution in [3.8, 4) is 17.2 Å². The summed E-state index contributed by atoms with van der Waals surface area (Å²) in [5.74, 6) is 1.48. The van der Waals surface area contributed by atoms with Gasteiger partial charge >= 0.3 is 0 Å². The number of likely N-dealkylation sites (tertiary alicyclic amines) is 1. The van der Waals surface area contributed by atoms with E-state index in [4.69, 9.17) is 21.1 Å². The van der Waals surface area contributed by atoms with Gasteiger partial charge in [0.1, 0.15) is 41.9 Å². The van der Waals surface area contributed by atoms with Gasteiger partial charge in [0.05, 0.1) is 22.8 Å². The lowest BCUT2D eigenvalue weighted by atomic mass is 9.90. The normalized spacial score (nSPS) is 17.6. The van der Waals surface area contributed by atoms with Crippen LogP contribution in [0.4, 0.5) is 4.39 Å². The van der Waals surface area contributed by atoms with Crippen LogP contribution >= 0.6 is 11.6 Å². The summed E-state index contributed by atoms with van der Waals surface area (Å²) in [7, 11) is 0. The second-order valence-corrected chi connectivity index (χ2v) is 9.32. The highest BCUT2D eigenvalue weighted by Gasteiger charge is 2.29. The number of piperidine rings is 1. The van der Waals surface area contributed by atoms with Crippen LogP contribution in [0, 0.1) is 6.92 Å². The lowest BCUT2D eigenvalue weighted by Crippen LogP contribution is -2.46. The van der Waals surface area contributed by atoms with Gasteiger partial charge in [-0.3, -0.25) is 9.36 Å². The molecule has 0 spiro atoms. The molecule has 0 unspecified atom stereocenters. The Balaban J connectivity index is 1.43. The van der Waals surface area contributed by atoms with Crippen LogP contribution in [0.25, 0.3) is 16.6 Å². The Hall–Kier alpha value is -2.71. The van der Waals surface area contributed by atoms with Crippen molar-refractivity contribution in [3.05, 3.63) is 51.8 Å². The zero-order valence-corrected chi connectivity index (χ0v) is 19.9. The molecule has 3 aromatic rings. The molecule has 1 saturated carbocycles. The molecule has 0 atom stereocenters. The predicted octanol–water partition coefficient (Wildman–Crippen LogP) is 4.49. The monoisotopic (exact) mass is 486 g/mol. The van der Waals surface area contributed by atoms with E-state index in [2.05, 4.69) is 14.9 Å². The summed E-state index contributed by atoms with van der Waals surface area (Å²) in [4.78, 5) is 24.4. The largest absolute Gasteiger partial charge is 0.490 e. The van der Waals surface area contributed by atoms with Gasteiger partial charge in [0, 0.05) is 25.2 Å². The number of aryl methyl sites for hydroxylation is 1. The zero-order chi connectivity index (χ0) is 23.7. The van der Waals surface area contributed by atoms with Gasteiger partial charge < -0.3 is 14.4 Å². The maximum Gasteiger partial charge on any atom is 0.266 e. The fourth-order valence-corrected chi connectivity index (χ4v) is 4.94. The van der Waals surface area contributed by atoms with Gasteiger partial charge in [0.15, 0.2) is 0 Å². The average Bonchev–Trinajstić information content (AvgIpc) is 2.79. The van der Waals surface area contributed by atoms with Crippen molar-refractivity contribution in [2.24, 2.45) is 0 Å². The van der Waals surface area contributed by atoms with Crippen molar-refractivity contribution in [1.29, 1.82) is 0 Å². The number of alkyl halides is 1. The third-order valence-corrected chi connectivity index (χ3v) is 6.97. The number of hydrogen-bond donors (Lipinski definition) is 0. The highest BCUT2D eigenvalue weighted by atomic mass is 35.5. The van der Waals surface area contributed by atoms with Crippen molar-refractivity contribution in [2.75, 3.05) is 26.4 Å². The minimum absolute atomic E-state index is 0.123. The average molecular weight is 487 g/mol. The van der Waals surface area contributed by atoms with Crippen LogP contribution in [0.1, 0.15) is 37.9 Å². The van der Waals surface area contributed by atoms with Crippen molar-refractivity contribution in [2.45, 2.75) is 51.2 Å². The molecule has 0 N–H and O–H groups in total. The first-order valence-corrected chi connectivity index (χ1v) is 12.2. The lowest BCUT2D eigenvalue weighted by Gasteiger charge is -2.41. The Morgan fingerprint density at radius 3 is 2.68 bits per heavy atom. The molecular formula is C25H28ClFN4O3. The summed E-state index contributed by atoms with van der Waals surface area (Å²) >= 11 is 6.01. The number of pyridine rings is 1. The van der Waals surface area contributed by atoms with E-state index < -0.39 is 6.67 Å². The summed E-state index contributed by atoms with van der Waals surface area (Å²) in [6.45, 7) is 3.06. The SMILES string of the molecule is Cc1nc2cnc(Cl)cc2c(=O)n1-c1ccc(OC2CCN(C3CCC3)CC2)cc1OCCF. The third kappa shape index (κ3) is 4.61. The van der Waals surface area contributed by atoms with Gasteiger partial charge in [-0.05, 0) is 50.8 Å². The molecule has 0 amide bonds. The fourth-order valence-electron chi connectivity index (χ4n) is 4.78. The van der Waals surface area contributed by atoms with Gasteiger partial charge in [-0.25, -0.2) is 14.4 Å². The van der Waals surface area contributed by atoms with E-state index >= 15 is 0 Å². The van der Waals surface area contributed by atoms with Gasteiger partial charge in [-0.1, -0.05) is 18.0 Å². The Morgan fingerprint density at radius 1 is 1.18 bits per heavy atom. The Bertz CT molecular complexity index is 1240. The van der Waals surface area contributed by atoms with Gasteiger partial charge in [-0.15, -0.1) is 0 Å². The summed E-state index contributed by atoms with van der Waals surface area (Å²) in [5, 5.41) is 0.559. The minimum Gasteiger partial charge on any atom is -0.490 e. The smallest absolute Gasteiger partial charge is 0.266 e. The second-order valence-electron chi connectivity index (χ2n) is 8.93. The summed E-state index contributed by atoms with van der Waals surface area (Å²) < 4.78 is 26.4. The number of benzene rings is 1. The fraction of sp³-hybridized carbons (Fsp3) is 0.480. The molecule has 0 bridgehead atoms. The number of nitrogens with zero attached hydrogens (tertiary/aromatic N) is 4. The first kappa shape index (κ1) is 23.1. The number of ether oxygens (including phenoxy) is 2. The molecule has 180 valence electrons. The topological polar surface area (TPSA) is 69.5 Å². The number of aromatic nitrogens is 3. The zero-order valence-electron chi connectivity index (χ0n) is 19.2. The van der Waals surface area contributed by atoms with Crippen molar-refractivity contribution in [3.63, 3.8) is 0 Å². The van der Waals surface area contributed by atoms with Gasteiger partial charge in [-0.2, -0.15) is 0 Å². The van der Waals surface area contributed by atoms with E-state index in [1.807, 2.05) is 6.07 Å². The van der Waals surface area contributed by atoms with Crippen LogP contribution in [0.5, 0.6) is 11.5 Å². The first-order chi connectivity index (χ1) is 16.5. The second kappa shape index (κ2) is 9.88. The Labute approximate surface area is 202 Å². The molecule has 2 aliphatic rings. The van der Waals surface area contributed by atoms with Crippen LogP contribution in [0.2, 0.25) is 5.15 Å². The Morgan fingerprint density at radius 2 is 1.97 bits per heavy atom. The number of rotatable bonds is 7. The van der Waals surface area contributed by atoms with Crippen LogP contribution in [0.3, 0.4) is 0 Å². The standard InChI is InChI=1S/C25H28ClFN4O3/c1-16-29-21-15-28-24(26)14-20(21)25(32)31(16)22-6-5-19(13-23(22)33-12-9-27)34-18-7-10-30(11-8-18)17-3-2-4-17/h5-6,13-15,17-18H,2-4,7-12H2,1H3. The van der Waals surface area contributed by atoms with Gasteiger partial charge in [0.2, 0.25) is 0 Å². The molecule has 34 heavy (non-hydrogen) atoms. The van der Waals surface area contributed by atoms with Crippen molar-refractivity contribution < 1.29 is 13.9 Å². The molecule has 9 heteroatoms. The van der Waals surface area contributed by atoms with Crippen molar-refractivity contribution >= 4 is 22.5 Å². The molecule has 2 fully saturated rings. The molecule has 3 heterocycles. The van der Waals surface area contributed by atoms with Crippen LogP contribution in [-0.2, 0) is 0 Å². The number of hydrogen-bond acceptors (Lipinski definition) is 6. The molecule has 0 radical (unpaired) electrons. The van der Waals surface area contributed by atoms with Crippen LogP contribution in [-0.4, -0.2) is 58.0 Å². The highest BCUT2D eigenvalue weighted by molar-refractivity contribution is 6.30. The highest BCUT2D eigenvalue weighted by Crippen LogP contribution is 2.32. The third-order valence-electron chi connectivity index (χ3n) is 6.77. The molecule has 1 saturated heterocycles. The van der Waals surface area contributed by atoms with Crippen molar-refractivity contribution in [1.82, 2.24) is 19.4 Å². The summed E-state index contributed by atoms with van der Waals surface area (Å²) in [5.41, 5.74) is 0.641. The molecule has 1 aliphatic carbocycles. The van der Waals surface area contributed by atoms with E-state index in [0.717, 1.165) is 32.0 Å². The van der Waals surface area contributed by atoms with Crippen LogP contribution in [0.15, 0.2) is 35.3 Å². The van der Waals surface area contributed by atoms with E-state index in [9.17, 15) is 9.18 Å². The number of halogens is 2. The Kier molecular flexibility index (Phi) is 6.70. The number of fused-ring (bicyclic) bond motifs is 1. The van der Waals surface area contributed by atoms with E-state index in [1.165, 1.54) is 36.1 Å². The molecular weight excluding hydrogens is 459 g/mol. The molecule has 5 rings (SSSR count). The summed E-state index contributed by atoms with van der Waals surface area (Å²) in [6, 6.07) is 7.57. The van der Waals surface area contributed by atoms with Crippen LogP contribution < -0.4 is 15.0 Å². The summed E-state index contributed by atoms with van der Waals surface area (Å²) in [6.07, 6.45) is 7.51.